The number of rotatable bonds is 20. The van der Waals surface area contributed by atoms with E-state index in [1.54, 1.807) is 6.08 Å². The van der Waals surface area contributed by atoms with Gasteiger partial charge in [0.2, 0.25) is 11.8 Å². The first-order valence-corrected chi connectivity index (χ1v) is 15.2. The van der Waals surface area contributed by atoms with Crippen molar-refractivity contribution in [3.05, 3.63) is 72.4 Å². The van der Waals surface area contributed by atoms with Gasteiger partial charge in [-0.3, -0.25) is 9.59 Å². The average Bonchev–Trinajstić information content (AvgIpc) is 2.94. The van der Waals surface area contributed by atoms with Gasteiger partial charge in [0, 0.05) is 25.3 Å². The summed E-state index contributed by atoms with van der Waals surface area (Å²) >= 11 is 0. The summed E-state index contributed by atoms with van der Waals surface area (Å²) in [5.41, 5.74) is 0.187. The molecule has 41 heavy (non-hydrogen) atoms. The number of carbonyl (C=O) groups excluding carboxylic acids is 2. The maximum absolute atomic E-state index is 12.7. The van der Waals surface area contributed by atoms with Crippen molar-refractivity contribution in [2.75, 3.05) is 0 Å². The van der Waals surface area contributed by atoms with Crippen LogP contribution in [0.5, 0.6) is 0 Å². The highest BCUT2D eigenvalue weighted by Gasteiger charge is 2.38. The molecule has 7 nitrogen and oxygen atoms in total. The van der Waals surface area contributed by atoms with Crippen LogP contribution in [0, 0.1) is 0 Å². The standard InChI is InChI=1S/C34H52N2O5/c1-5-8-9-10-11-12-13-14-15-16-17-18-19-20-21-22-23-24-32(38)36-30-25-28(34(39)40)26-31(33(30)35-27(4)37)41-29(6-2)7-3/h8-9,11-12,14-15,17-18,20-21,26,29-31,33H,5-7,10,13,16,19,22-25H2,1-4H3,(H,35,37)(H,36,38)(H,39,40). The van der Waals surface area contributed by atoms with Crippen molar-refractivity contribution < 1.29 is 24.2 Å². The van der Waals surface area contributed by atoms with Crippen molar-refractivity contribution in [3.8, 4) is 0 Å². The molecule has 0 aromatic heterocycles. The highest BCUT2D eigenvalue weighted by molar-refractivity contribution is 5.87. The lowest BCUT2D eigenvalue weighted by Gasteiger charge is -2.38. The van der Waals surface area contributed by atoms with E-state index in [-0.39, 0.29) is 29.9 Å². The Bertz CT molecular complexity index is 956. The maximum atomic E-state index is 12.7. The molecule has 1 rings (SSSR count). The van der Waals surface area contributed by atoms with Gasteiger partial charge in [0.25, 0.3) is 0 Å². The fourth-order valence-corrected chi connectivity index (χ4v) is 4.53. The summed E-state index contributed by atoms with van der Waals surface area (Å²) in [6, 6.07) is -1.10. The number of amides is 2. The van der Waals surface area contributed by atoms with E-state index in [1.807, 2.05) is 13.8 Å². The third kappa shape index (κ3) is 16.6. The zero-order valence-electron chi connectivity index (χ0n) is 25.5. The Morgan fingerprint density at radius 2 is 1.41 bits per heavy atom. The van der Waals surface area contributed by atoms with Gasteiger partial charge in [0.1, 0.15) is 0 Å². The second-order valence-corrected chi connectivity index (χ2v) is 10.2. The van der Waals surface area contributed by atoms with Crippen LogP contribution in [0.3, 0.4) is 0 Å². The van der Waals surface area contributed by atoms with Gasteiger partial charge in [0.05, 0.1) is 24.3 Å². The summed E-state index contributed by atoms with van der Waals surface area (Å²) in [7, 11) is 0. The SMILES string of the molecule is CCC=CCC=CCC=CCC=CCC=CCCCC(=O)NC1CC(C(=O)O)=CC(OC(CC)CC)C1NC(C)=O. The van der Waals surface area contributed by atoms with Crippen LogP contribution in [-0.2, 0) is 19.1 Å². The number of ether oxygens (including phenoxy) is 1. The second kappa shape index (κ2) is 22.5. The molecule has 1 aliphatic rings. The molecule has 0 aromatic carbocycles. The largest absolute Gasteiger partial charge is 0.478 e. The Labute approximate surface area is 247 Å². The molecule has 228 valence electrons. The van der Waals surface area contributed by atoms with E-state index in [2.05, 4.69) is 78.3 Å². The second-order valence-electron chi connectivity index (χ2n) is 10.2. The van der Waals surface area contributed by atoms with Crippen molar-refractivity contribution in [1.29, 1.82) is 0 Å². The Balaban J connectivity index is 2.46. The Hall–Kier alpha value is -3.19. The van der Waals surface area contributed by atoms with Gasteiger partial charge in [-0.05, 0) is 63.9 Å². The average molecular weight is 569 g/mol. The van der Waals surface area contributed by atoms with Crippen LogP contribution >= 0.6 is 0 Å². The zero-order chi connectivity index (χ0) is 30.3. The minimum atomic E-state index is -1.04. The van der Waals surface area contributed by atoms with Crippen LogP contribution in [0.25, 0.3) is 0 Å². The van der Waals surface area contributed by atoms with Crippen molar-refractivity contribution in [2.45, 2.75) is 123 Å². The molecule has 0 radical (unpaired) electrons. The minimum absolute atomic E-state index is 0.0690. The number of allylic oxidation sites excluding steroid dienone is 10. The van der Waals surface area contributed by atoms with Crippen LogP contribution in [0.1, 0.15) is 98.3 Å². The van der Waals surface area contributed by atoms with Gasteiger partial charge in [-0.25, -0.2) is 4.79 Å². The van der Waals surface area contributed by atoms with Gasteiger partial charge in [-0.15, -0.1) is 0 Å². The Morgan fingerprint density at radius 1 is 0.878 bits per heavy atom. The highest BCUT2D eigenvalue weighted by Crippen LogP contribution is 2.25. The smallest absolute Gasteiger partial charge is 0.331 e. The van der Waals surface area contributed by atoms with Gasteiger partial charge >= 0.3 is 5.97 Å². The molecule has 0 saturated heterocycles. The molecule has 3 N–H and O–H groups in total. The van der Waals surface area contributed by atoms with E-state index in [1.165, 1.54) is 6.92 Å². The Morgan fingerprint density at radius 3 is 1.90 bits per heavy atom. The predicted octanol–water partition coefficient (Wildman–Crippen LogP) is 6.89. The lowest BCUT2D eigenvalue weighted by Crippen LogP contribution is -2.59. The van der Waals surface area contributed by atoms with Crippen LogP contribution in [-0.4, -0.2) is 47.2 Å². The summed E-state index contributed by atoms with van der Waals surface area (Å²) < 4.78 is 6.16. The van der Waals surface area contributed by atoms with Crippen LogP contribution in [0.2, 0.25) is 0 Å². The summed E-state index contributed by atoms with van der Waals surface area (Å²) in [6.07, 6.45) is 30.7. The lowest BCUT2D eigenvalue weighted by molar-refractivity contribution is -0.134. The normalized spacial score (nSPS) is 19.7. The number of nitrogens with one attached hydrogen (secondary N) is 2. The zero-order valence-corrected chi connectivity index (χ0v) is 25.5. The summed E-state index contributed by atoms with van der Waals surface area (Å²) in [5.74, 6) is -1.45. The summed E-state index contributed by atoms with van der Waals surface area (Å²) in [4.78, 5) is 36.5. The minimum Gasteiger partial charge on any atom is -0.478 e. The Kier molecular flexibility index (Phi) is 19.7. The predicted molar refractivity (Wildman–Crippen MR) is 167 cm³/mol. The summed E-state index contributed by atoms with van der Waals surface area (Å²) in [6.45, 7) is 7.55. The number of hydrogen-bond acceptors (Lipinski definition) is 4. The van der Waals surface area contributed by atoms with Crippen LogP contribution in [0.4, 0.5) is 0 Å². The molecule has 7 heteroatoms. The molecule has 0 aliphatic heterocycles. The number of carboxylic acids is 1. The molecular weight excluding hydrogens is 516 g/mol. The van der Waals surface area contributed by atoms with E-state index in [0.29, 0.717) is 12.8 Å². The van der Waals surface area contributed by atoms with Crippen LogP contribution < -0.4 is 10.6 Å². The third-order valence-electron chi connectivity index (χ3n) is 6.78. The molecule has 0 bridgehead atoms. The molecule has 1 aliphatic carbocycles. The number of aliphatic carboxylic acids is 1. The fraction of sp³-hybridized carbons (Fsp3) is 0.559. The molecule has 3 atom stereocenters. The van der Waals surface area contributed by atoms with Gasteiger partial charge in [-0.2, -0.15) is 0 Å². The van der Waals surface area contributed by atoms with Gasteiger partial charge in [-0.1, -0.05) is 81.5 Å². The van der Waals surface area contributed by atoms with E-state index in [4.69, 9.17) is 4.74 Å². The summed E-state index contributed by atoms with van der Waals surface area (Å²) in [5, 5.41) is 15.5. The molecule has 3 unspecified atom stereocenters. The van der Waals surface area contributed by atoms with Crippen molar-refractivity contribution >= 4 is 17.8 Å². The first kappa shape index (κ1) is 35.8. The fourth-order valence-electron chi connectivity index (χ4n) is 4.53. The number of carbonyl (C=O) groups is 3. The number of unbranched alkanes of at least 4 members (excludes halogenated alkanes) is 1. The molecule has 0 spiro atoms. The van der Waals surface area contributed by atoms with E-state index >= 15 is 0 Å². The quantitative estimate of drug-likeness (QED) is 0.110. The number of carboxylic acid groups (broad SMARTS) is 1. The van der Waals surface area contributed by atoms with E-state index in [0.717, 1.165) is 51.4 Å². The van der Waals surface area contributed by atoms with E-state index < -0.39 is 24.2 Å². The van der Waals surface area contributed by atoms with Crippen molar-refractivity contribution in [3.63, 3.8) is 0 Å². The van der Waals surface area contributed by atoms with Gasteiger partial charge < -0.3 is 20.5 Å². The maximum Gasteiger partial charge on any atom is 0.331 e. The van der Waals surface area contributed by atoms with E-state index in [9.17, 15) is 19.5 Å². The topological polar surface area (TPSA) is 105 Å². The molecule has 0 aromatic rings. The van der Waals surface area contributed by atoms with Crippen LogP contribution in [0.15, 0.2) is 72.4 Å². The molecule has 0 fully saturated rings. The molecular formula is C34H52N2O5. The van der Waals surface area contributed by atoms with Crippen molar-refractivity contribution in [1.82, 2.24) is 10.6 Å². The first-order valence-electron chi connectivity index (χ1n) is 15.2. The molecule has 0 heterocycles. The molecule has 0 saturated carbocycles. The monoisotopic (exact) mass is 568 g/mol. The van der Waals surface area contributed by atoms with Gasteiger partial charge in [0.15, 0.2) is 0 Å². The number of hydrogen-bond donors (Lipinski definition) is 3. The molecule has 2 amide bonds. The third-order valence-corrected chi connectivity index (χ3v) is 6.78. The van der Waals surface area contributed by atoms with Crippen molar-refractivity contribution in [2.24, 2.45) is 0 Å². The lowest BCUT2D eigenvalue weighted by atomic mass is 9.87. The first-order chi connectivity index (χ1) is 19.8. The highest BCUT2D eigenvalue weighted by atomic mass is 16.5.